The Kier molecular flexibility index (Phi) is 3.74. The molecule has 4 nitrogen and oxygen atoms in total. The molecule has 1 aliphatic carbocycles. The van der Waals surface area contributed by atoms with E-state index < -0.39 is 5.60 Å². The van der Waals surface area contributed by atoms with Crippen LogP contribution in [0.15, 0.2) is 11.5 Å². The Labute approximate surface area is 90.2 Å². The third-order valence-corrected chi connectivity index (χ3v) is 2.29. The van der Waals surface area contributed by atoms with Crippen LogP contribution < -0.4 is 0 Å². The van der Waals surface area contributed by atoms with Crippen LogP contribution in [0.1, 0.15) is 27.7 Å². The Bertz CT molecular complexity index is 282. The number of hydrogen-bond acceptors (Lipinski definition) is 4. The molecule has 0 saturated heterocycles. The molecule has 4 heteroatoms. The van der Waals surface area contributed by atoms with Crippen LogP contribution in [0, 0.1) is 0 Å². The zero-order valence-corrected chi connectivity index (χ0v) is 9.75. The first-order valence-electron chi connectivity index (χ1n) is 5.30. The van der Waals surface area contributed by atoms with Crippen LogP contribution in [0.2, 0.25) is 0 Å². The van der Waals surface area contributed by atoms with E-state index in [1.807, 2.05) is 20.8 Å². The summed E-state index contributed by atoms with van der Waals surface area (Å²) < 4.78 is 16.0. The molecule has 86 valence electrons. The molecule has 1 aliphatic rings. The summed E-state index contributed by atoms with van der Waals surface area (Å²) in [6.07, 6.45) is 0. The Morgan fingerprint density at radius 3 is 2.13 bits per heavy atom. The maximum atomic E-state index is 11.8. The van der Waals surface area contributed by atoms with Crippen molar-refractivity contribution < 1.29 is 19.0 Å². The molecule has 0 saturated carbocycles. The lowest BCUT2D eigenvalue weighted by Crippen LogP contribution is -2.52. The predicted molar refractivity (Wildman–Crippen MR) is 55.3 cm³/mol. The first-order chi connectivity index (χ1) is 7.11. The minimum atomic E-state index is -0.935. The molecule has 0 aromatic rings. The standard InChI is InChI=1S/C11H18O4/c1-5-13-8-9(12)11(4,15-7-3)10(8)14-6-2/h5-7H2,1-4H3. The average Bonchev–Trinajstić information content (AvgIpc) is 2.23. The fourth-order valence-corrected chi connectivity index (χ4v) is 1.62. The van der Waals surface area contributed by atoms with E-state index in [2.05, 4.69) is 0 Å². The molecule has 1 atom stereocenters. The maximum absolute atomic E-state index is 11.8. The van der Waals surface area contributed by atoms with Crippen molar-refractivity contribution in [3.8, 4) is 0 Å². The largest absolute Gasteiger partial charge is 0.491 e. The summed E-state index contributed by atoms with van der Waals surface area (Å²) >= 11 is 0. The summed E-state index contributed by atoms with van der Waals surface area (Å²) in [6.45, 7) is 8.69. The van der Waals surface area contributed by atoms with Gasteiger partial charge in [-0.15, -0.1) is 0 Å². The average molecular weight is 214 g/mol. The number of carbonyl (C=O) groups is 1. The molecule has 0 N–H and O–H groups in total. The van der Waals surface area contributed by atoms with Crippen LogP contribution in [0.5, 0.6) is 0 Å². The predicted octanol–water partition coefficient (Wildman–Crippen LogP) is 1.65. The second-order valence-electron chi connectivity index (χ2n) is 3.32. The van der Waals surface area contributed by atoms with Gasteiger partial charge in [0.25, 0.3) is 0 Å². The Morgan fingerprint density at radius 1 is 1.07 bits per heavy atom. The zero-order chi connectivity index (χ0) is 11.5. The van der Waals surface area contributed by atoms with Gasteiger partial charge >= 0.3 is 0 Å². The summed E-state index contributed by atoms with van der Waals surface area (Å²) in [5.41, 5.74) is -0.935. The lowest BCUT2D eigenvalue weighted by atomic mass is 9.84. The van der Waals surface area contributed by atoms with Crippen LogP contribution >= 0.6 is 0 Å². The minimum absolute atomic E-state index is 0.130. The van der Waals surface area contributed by atoms with Gasteiger partial charge in [0.1, 0.15) is 0 Å². The monoisotopic (exact) mass is 214 g/mol. The number of hydrogen-bond donors (Lipinski definition) is 0. The lowest BCUT2D eigenvalue weighted by Gasteiger charge is -2.38. The van der Waals surface area contributed by atoms with Crippen molar-refractivity contribution >= 4 is 5.78 Å². The molecule has 0 aliphatic heterocycles. The highest BCUT2D eigenvalue weighted by Gasteiger charge is 2.55. The van der Waals surface area contributed by atoms with E-state index in [0.717, 1.165) is 0 Å². The van der Waals surface area contributed by atoms with Crippen molar-refractivity contribution in [3.05, 3.63) is 11.5 Å². The molecule has 0 bridgehead atoms. The van der Waals surface area contributed by atoms with Crippen LogP contribution in [0.25, 0.3) is 0 Å². The second-order valence-corrected chi connectivity index (χ2v) is 3.32. The van der Waals surface area contributed by atoms with Gasteiger partial charge in [-0.2, -0.15) is 0 Å². The molecule has 0 aromatic carbocycles. The second kappa shape index (κ2) is 4.66. The summed E-state index contributed by atoms with van der Waals surface area (Å²) in [4.78, 5) is 11.8. The molecule has 0 spiro atoms. The number of ketones is 1. The summed E-state index contributed by atoms with van der Waals surface area (Å²) in [5, 5.41) is 0. The topological polar surface area (TPSA) is 44.8 Å². The third-order valence-electron chi connectivity index (χ3n) is 2.29. The Balaban J connectivity index is 2.89. The summed E-state index contributed by atoms with van der Waals surface area (Å²) in [5.74, 6) is 0.712. The van der Waals surface area contributed by atoms with Crippen molar-refractivity contribution in [2.24, 2.45) is 0 Å². The number of carbonyl (C=O) groups excluding carboxylic acids is 1. The Hall–Kier alpha value is -1.03. The number of rotatable bonds is 6. The molecule has 0 amide bonds. The highest BCUT2D eigenvalue weighted by atomic mass is 16.6. The van der Waals surface area contributed by atoms with Gasteiger partial charge in [0.2, 0.25) is 11.5 Å². The number of ether oxygens (including phenoxy) is 3. The lowest BCUT2D eigenvalue weighted by molar-refractivity contribution is -0.152. The van der Waals surface area contributed by atoms with E-state index in [1.165, 1.54) is 0 Å². The smallest absolute Gasteiger partial charge is 0.240 e. The molecule has 1 rings (SSSR count). The molecular formula is C11H18O4. The van der Waals surface area contributed by atoms with E-state index in [-0.39, 0.29) is 5.78 Å². The SMILES string of the molecule is CCOC1=C(OCC)C(C)(OCC)C1=O. The third kappa shape index (κ3) is 1.86. The van der Waals surface area contributed by atoms with Crippen LogP contribution in [-0.4, -0.2) is 31.2 Å². The summed E-state index contributed by atoms with van der Waals surface area (Å²) in [7, 11) is 0. The fourth-order valence-electron chi connectivity index (χ4n) is 1.62. The van der Waals surface area contributed by atoms with E-state index in [4.69, 9.17) is 14.2 Å². The molecule has 0 radical (unpaired) electrons. The van der Waals surface area contributed by atoms with E-state index in [9.17, 15) is 4.79 Å². The van der Waals surface area contributed by atoms with E-state index in [0.29, 0.717) is 31.3 Å². The molecular weight excluding hydrogens is 196 g/mol. The quantitative estimate of drug-likeness (QED) is 0.674. The van der Waals surface area contributed by atoms with Gasteiger partial charge in [-0.05, 0) is 27.7 Å². The van der Waals surface area contributed by atoms with Crippen molar-refractivity contribution in [2.75, 3.05) is 19.8 Å². The van der Waals surface area contributed by atoms with Crippen LogP contribution in [0.4, 0.5) is 0 Å². The highest BCUT2D eigenvalue weighted by Crippen LogP contribution is 2.39. The Morgan fingerprint density at radius 2 is 1.67 bits per heavy atom. The van der Waals surface area contributed by atoms with E-state index in [1.54, 1.807) is 6.92 Å². The fraction of sp³-hybridized carbons (Fsp3) is 0.727. The van der Waals surface area contributed by atoms with Gasteiger partial charge < -0.3 is 14.2 Å². The van der Waals surface area contributed by atoms with Gasteiger partial charge in [0, 0.05) is 6.61 Å². The van der Waals surface area contributed by atoms with Gasteiger partial charge in [0.05, 0.1) is 13.2 Å². The van der Waals surface area contributed by atoms with Crippen LogP contribution in [0.3, 0.4) is 0 Å². The van der Waals surface area contributed by atoms with Crippen molar-refractivity contribution in [2.45, 2.75) is 33.3 Å². The minimum Gasteiger partial charge on any atom is -0.491 e. The normalized spacial score (nSPS) is 25.2. The van der Waals surface area contributed by atoms with Gasteiger partial charge in [-0.1, -0.05) is 0 Å². The van der Waals surface area contributed by atoms with Gasteiger partial charge in [-0.3, -0.25) is 4.79 Å². The molecule has 15 heavy (non-hydrogen) atoms. The van der Waals surface area contributed by atoms with Crippen LogP contribution in [-0.2, 0) is 19.0 Å². The first-order valence-corrected chi connectivity index (χ1v) is 5.30. The molecule has 0 aromatic heterocycles. The first kappa shape index (κ1) is 12.0. The van der Waals surface area contributed by atoms with Crippen molar-refractivity contribution in [3.63, 3.8) is 0 Å². The van der Waals surface area contributed by atoms with E-state index >= 15 is 0 Å². The van der Waals surface area contributed by atoms with Gasteiger partial charge in [-0.25, -0.2) is 0 Å². The maximum Gasteiger partial charge on any atom is 0.240 e. The van der Waals surface area contributed by atoms with Crippen molar-refractivity contribution in [1.29, 1.82) is 0 Å². The molecule has 1 unspecified atom stereocenters. The molecule has 0 heterocycles. The molecule has 0 fully saturated rings. The van der Waals surface area contributed by atoms with Gasteiger partial charge in [0.15, 0.2) is 11.4 Å². The summed E-state index contributed by atoms with van der Waals surface area (Å²) in [6, 6.07) is 0. The number of Topliss-reactive ketones (excluding diaryl/α,β-unsaturated/α-hetero) is 1. The zero-order valence-electron chi connectivity index (χ0n) is 9.75. The highest BCUT2D eigenvalue weighted by molar-refractivity contribution is 6.09. The van der Waals surface area contributed by atoms with Crippen molar-refractivity contribution in [1.82, 2.24) is 0 Å².